The minimum Gasteiger partial charge on any atom is -0.461 e. The van der Waals surface area contributed by atoms with E-state index in [0.717, 1.165) is 52.3 Å². The number of furan rings is 1. The van der Waals surface area contributed by atoms with Crippen molar-refractivity contribution in [2.45, 2.75) is 44.4 Å². The third-order valence-electron chi connectivity index (χ3n) is 6.15. The van der Waals surface area contributed by atoms with Crippen LogP contribution in [0.5, 0.6) is 0 Å². The van der Waals surface area contributed by atoms with Crippen molar-refractivity contribution in [3.63, 3.8) is 0 Å². The number of hydrogen-bond donors (Lipinski definition) is 0. The van der Waals surface area contributed by atoms with E-state index in [1.165, 1.54) is 24.5 Å². The molecule has 0 saturated carbocycles. The molecule has 0 bridgehead atoms. The van der Waals surface area contributed by atoms with E-state index in [0.29, 0.717) is 16.8 Å². The molecule has 0 atom stereocenters. The number of nitrogens with zero attached hydrogens (tertiary/aromatic N) is 2. The molecule has 0 saturated heterocycles. The van der Waals surface area contributed by atoms with Gasteiger partial charge in [0.25, 0.3) is 15.9 Å². The molecule has 2 heterocycles. The minimum absolute atomic E-state index is 0.110. The summed E-state index contributed by atoms with van der Waals surface area (Å²) in [5.41, 5.74) is 3.74. The van der Waals surface area contributed by atoms with Crippen LogP contribution in [0.25, 0.3) is 11.0 Å². The van der Waals surface area contributed by atoms with E-state index >= 15 is 0 Å². The summed E-state index contributed by atoms with van der Waals surface area (Å²) in [6.45, 7) is 3.56. The van der Waals surface area contributed by atoms with Crippen molar-refractivity contribution in [1.29, 1.82) is 0 Å². The van der Waals surface area contributed by atoms with Crippen molar-refractivity contribution in [1.82, 2.24) is 4.98 Å². The summed E-state index contributed by atoms with van der Waals surface area (Å²) in [6, 6.07) is 13.4. The van der Waals surface area contributed by atoms with Crippen LogP contribution in [0, 0.1) is 13.8 Å². The first kappa shape index (κ1) is 21.4. The molecule has 168 valence electrons. The average Bonchev–Trinajstić information content (AvgIpc) is 3.19. The zero-order valence-corrected chi connectivity index (χ0v) is 19.4. The number of carbonyl (C=O) groups is 1. The second-order valence-corrected chi connectivity index (χ2v) is 10.2. The summed E-state index contributed by atoms with van der Waals surface area (Å²) in [6.07, 6.45) is 6.85. The summed E-state index contributed by atoms with van der Waals surface area (Å²) in [4.78, 5) is 17.7. The highest BCUT2D eigenvalue weighted by Crippen LogP contribution is 2.36. The van der Waals surface area contributed by atoms with Crippen molar-refractivity contribution in [3.05, 3.63) is 88.9 Å². The molecule has 1 aliphatic rings. The second kappa shape index (κ2) is 8.15. The van der Waals surface area contributed by atoms with Crippen molar-refractivity contribution in [2.24, 2.45) is 0 Å². The maximum absolute atomic E-state index is 13.9. The molecular formula is C26H24N2O4S. The number of fused-ring (bicyclic) bond motifs is 3. The Hall–Kier alpha value is -3.45. The Morgan fingerprint density at radius 2 is 1.73 bits per heavy atom. The van der Waals surface area contributed by atoms with Crippen LogP contribution >= 0.6 is 0 Å². The van der Waals surface area contributed by atoms with Gasteiger partial charge in [-0.05, 0) is 80.6 Å². The lowest BCUT2D eigenvalue weighted by Gasteiger charge is -2.24. The molecule has 4 aromatic rings. The van der Waals surface area contributed by atoms with Crippen LogP contribution in [-0.2, 0) is 22.9 Å². The van der Waals surface area contributed by atoms with E-state index in [1.54, 1.807) is 37.3 Å². The van der Waals surface area contributed by atoms with Gasteiger partial charge in [-0.15, -0.1) is 0 Å². The predicted molar refractivity (Wildman–Crippen MR) is 127 cm³/mol. The Balaban J connectivity index is 1.72. The third kappa shape index (κ3) is 3.72. The monoisotopic (exact) mass is 460 g/mol. The molecule has 7 heteroatoms. The Morgan fingerprint density at radius 3 is 2.52 bits per heavy atom. The molecule has 0 N–H and O–H groups in total. The standard InChI is InChI=1S/C26H24N2O4S/c1-17-7-8-18(2)25(15-17)33(30,31)28(26(29)19-11-13-27-14-12-19)20-9-10-24-22(16-20)21-5-3-4-6-23(21)32-24/h7-16H,3-6H2,1-2H3. The molecule has 1 amide bonds. The lowest BCUT2D eigenvalue weighted by Crippen LogP contribution is -2.37. The molecule has 0 unspecified atom stereocenters. The first-order valence-electron chi connectivity index (χ1n) is 11.0. The number of benzene rings is 2. The van der Waals surface area contributed by atoms with Crippen LogP contribution in [0.2, 0.25) is 0 Å². The van der Waals surface area contributed by atoms with Gasteiger partial charge in [0.1, 0.15) is 11.3 Å². The fourth-order valence-corrected chi connectivity index (χ4v) is 6.16. The number of rotatable bonds is 4. The molecule has 33 heavy (non-hydrogen) atoms. The van der Waals surface area contributed by atoms with Gasteiger partial charge < -0.3 is 4.42 Å². The summed E-state index contributed by atoms with van der Waals surface area (Å²) >= 11 is 0. The van der Waals surface area contributed by atoms with E-state index in [9.17, 15) is 13.2 Å². The highest BCUT2D eigenvalue weighted by Gasteiger charge is 2.34. The van der Waals surface area contributed by atoms with Gasteiger partial charge in [0.05, 0.1) is 10.6 Å². The van der Waals surface area contributed by atoms with Crippen LogP contribution in [0.4, 0.5) is 5.69 Å². The SMILES string of the molecule is Cc1ccc(C)c(S(=O)(=O)N(C(=O)c2ccncc2)c2ccc3oc4c(c3c2)CCCC4)c1. The van der Waals surface area contributed by atoms with E-state index in [1.807, 2.05) is 13.0 Å². The lowest BCUT2D eigenvalue weighted by atomic mass is 9.96. The van der Waals surface area contributed by atoms with Gasteiger partial charge >= 0.3 is 0 Å². The third-order valence-corrected chi connectivity index (χ3v) is 8.00. The summed E-state index contributed by atoms with van der Waals surface area (Å²) in [5, 5.41) is 0.867. The fraction of sp³-hybridized carbons (Fsp3) is 0.231. The fourth-order valence-electron chi connectivity index (χ4n) is 4.44. The largest absolute Gasteiger partial charge is 0.461 e. The molecule has 0 spiro atoms. The Kier molecular flexibility index (Phi) is 5.29. The summed E-state index contributed by atoms with van der Waals surface area (Å²) in [5.74, 6) is 0.327. The van der Waals surface area contributed by atoms with Crippen molar-refractivity contribution >= 4 is 32.6 Å². The smallest absolute Gasteiger partial charge is 0.272 e. The van der Waals surface area contributed by atoms with Gasteiger partial charge in [-0.3, -0.25) is 9.78 Å². The first-order chi connectivity index (χ1) is 15.9. The maximum Gasteiger partial charge on any atom is 0.272 e. The molecular weight excluding hydrogens is 436 g/mol. The zero-order valence-electron chi connectivity index (χ0n) is 18.5. The van der Waals surface area contributed by atoms with Gasteiger partial charge in [0.2, 0.25) is 0 Å². The first-order valence-corrected chi connectivity index (χ1v) is 12.4. The number of anilines is 1. The number of carbonyl (C=O) groups excluding carboxylic acids is 1. The summed E-state index contributed by atoms with van der Waals surface area (Å²) < 4.78 is 34.8. The number of aromatic nitrogens is 1. The van der Waals surface area contributed by atoms with E-state index < -0.39 is 15.9 Å². The summed E-state index contributed by atoms with van der Waals surface area (Å²) in [7, 11) is -4.19. The topological polar surface area (TPSA) is 80.5 Å². The van der Waals surface area contributed by atoms with Crippen LogP contribution < -0.4 is 4.31 Å². The van der Waals surface area contributed by atoms with Gasteiger partial charge in [-0.2, -0.15) is 4.31 Å². The highest BCUT2D eigenvalue weighted by atomic mass is 32.2. The van der Waals surface area contributed by atoms with E-state index in [-0.39, 0.29) is 10.5 Å². The van der Waals surface area contributed by atoms with Gasteiger partial charge in [-0.25, -0.2) is 8.42 Å². The van der Waals surface area contributed by atoms with E-state index in [4.69, 9.17) is 4.42 Å². The average molecular weight is 461 g/mol. The van der Waals surface area contributed by atoms with Crippen LogP contribution in [0.1, 0.15) is 45.7 Å². The number of amides is 1. The zero-order chi connectivity index (χ0) is 23.2. The minimum atomic E-state index is -4.19. The molecule has 0 aliphatic heterocycles. The number of sulfonamides is 1. The number of pyridine rings is 1. The molecule has 2 aromatic heterocycles. The van der Waals surface area contributed by atoms with Crippen molar-refractivity contribution in [3.8, 4) is 0 Å². The highest BCUT2D eigenvalue weighted by molar-refractivity contribution is 7.93. The van der Waals surface area contributed by atoms with E-state index in [2.05, 4.69) is 4.98 Å². The molecule has 0 radical (unpaired) electrons. The Labute approximate surface area is 192 Å². The van der Waals surface area contributed by atoms with Crippen molar-refractivity contribution < 1.29 is 17.6 Å². The number of hydrogen-bond acceptors (Lipinski definition) is 5. The molecule has 0 fully saturated rings. The van der Waals surface area contributed by atoms with Crippen LogP contribution in [0.15, 0.2) is 70.2 Å². The van der Waals surface area contributed by atoms with Gasteiger partial charge in [0.15, 0.2) is 0 Å². The molecule has 6 nitrogen and oxygen atoms in total. The lowest BCUT2D eigenvalue weighted by molar-refractivity contribution is 0.100. The van der Waals surface area contributed by atoms with Crippen LogP contribution in [0.3, 0.4) is 0 Å². The maximum atomic E-state index is 13.9. The van der Waals surface area contributed by atoms with Gasteiger partial charge in [0, 0.05) is 35.3 Å². The van der Waals surface area contributed by atoms with Crippen molar-refractivity contribution in [2.75, 3.05) is 4.31 Å². The molecule has 5 rings (SSSR count). The van der Waals surface area contributed by atoms with Gasteiger partial charge in [-0.1, -0.05) is 12.1 Å². The molecule has 2 aromatic carbocycles. The Morgan fingerprint density at radius 1 is 0.970 bits per heavy atom. The van der Waals surface area contributed by atoms with Crippen LogP contribution in [-0.4, -0.2) is 19.3 Å². The number of aryl methyl sites for hydroxylation is 4. The predicted octanol–water partition coefficient (Wildman–Crippen LogP) is 5.36. The second-order valence-electron chi connectivity index (χ2n) is 8.47. The Bertz CT molecular complexity index is 1470. The quantitative estimate of drug-likeness (QED) is 0.410. The normalized spacial score (nSPS) is 13.6. The molecule has 1 aliphatic carbocycles.